The van der Waals surface area contributed by atoms with Crippen LogP contribution in [0.4, 0.5) is 0 Å². The van der Waals surface area contributed by atoms with E-state index in [9.17, 15) is 0 Å². The smallest absolute Gasteiger partial charge is 0.0416 e. The Bertz CT molecular complexity index is 357. The summed E-state index contributed by atoms with van der Waals surface area (Å²) in [5, 5.41) is 0. The van der Waals surface area contributed by atoms with E-state index in [1.807, 2.05) is 19.2 Å². The van der Waals surface area contributed by atoms with Crippen LogP contribution in [0.3, 0.4) is 0 Å². The molecule has 1 rings (SSSR count). The molecule has 0 fully saturated rings. The van der Waals surface area contributed by atoms with Crippen LogP contribution in [0, 0.1) is 11.8 Å². The van der Waals surface area contributed by atoms with Crippen molar-refractivity contribution in [2.24, 2.45) is 16.2 Å². The maximum atomic E-state index is 4.34. The van der Waals surface area contributed by atoms with Gasteiger partial charge in [-0.25, -0.2) is 4.40 Å². The van der Waals surface area contributed by atoms with Gasteiger partial charge >= 0.3 is 0 Å². The van der Waals surface area contributed by atoms with E-state index in [4.69, 9.17) is 0 Å². The summed E-state index contributed by atoms with van der Waals surface area (Å²) < 4.78 is 4.34. The minimum atomic E-state index is 0.472. The molecule has 2 unspecified atom stereocenters. The highest BCUT2D eigenvalue weighted by molar-refractivity contribution is 8.02. The van der Waals surface area contributed by atoms with Crippen LogP contribution in [0.25, 0.3) is 0 Å². The maximum Gasteiger partial charge on any atom is 0.0416 e. The first-order valence-corrected chi connectivity index (χ1v) is 5.91. The van der Waals surface area contributed by atoms with Crippen molar-refractivity contribution in [1.82, 2.24) is 0 Å². The zero-order valence-electron chi connectivity index (χ0n) is 9.53. The Morgan fingerprint density at radius 3 is 2.87 bits per heavy atom. The van der Waals surface area contributed by atoms with Gasteiger partial charge in [0, 0.05) is 23.1 Å². The molecular weight excluding hydrogens is 202 g/mol. The number of rotatable bonds is 2. The molecule has 2 atom stereocenters. The van der Waals surface area contributed by atoms with Gasteiger partial charge < -0.3 is 0 Å². The molecule has 0 aromatic heterocycles. The highest BCUT2D eigenvalue weighted by Gasteiger charge is 2.19. The van der Waals surface area contributed by atoms with E-state index < -0.39 is 0 Å². The van der Waals surface area contributed by atoms with Crippen LogP contribution in [0.2, 0.25) is 0 Å². The highest BCUT2D eigenvalue weighted by atomic mass is 32.2. The number of nitrogens with zero attached hydrogens (tertiary/aromatic N) is 1. The molecule has 80 valence electrons. The topological polar surface area (TPSA) is 12.4 Å². The molecule has 0 amide bonds. The summed E-state index contributed by atoms with van der Waals surface area (Å²) in [4.78, 5) is 1.15. The van der Waals surface area contributed by atoms with Crippen molar-refractivity contribution in [3.05, 3.63) is 41.0 Å². The van der Waals surface area contributed by atoms with Crippen LogP contribution >= 0.6 is 11.9 Å². The summed E-state index contributed by atoms with van der Waals surface area (Å²) in [5.74, 6) is 0.957. The van der Waals surface area contributed by atoms with Crippen LogP contribution in [0.15, 0.2) is 45.4 Å². The molecule has 2 heteroatoms. The standard InChI is InChI=1S/C13H17NS/c1-5-7-12-11(4)10(3)9-14-15-13(12)8-6-2/h5,7-11H,2H2,1,3-4H3. The van der Waals surface area contributed by atoms with Gasteiger partial charge in [-0.3, -0.25) is 0 Å². The van der Waals surface area contributed by atoms with E-state index >= 15 is 0 Å². The molecule has 0 aromatic rings. The Hall–Kier alpha value is -0.980. The largest absolute Gasteiger partial charge is 0.223 e. The Labute approximate surface area is 96.5 Å². The summed E-state index contributed by atoms with van der Waals surface area (Å²) in [6.07, 6.45) is 8.15. The minimum Gasteiger partial charge on any atom is -0.223 e. The van der Waals surface area contributed by atoms with E-state index in [-0.39, 0.29) is 0 Å². The van der Waals surface area contributed by atoms with Crippen LogP contribution in [0.1, 0.15) is 20.8 Å². The zero-order chi connectivity index (χ0) is 11.3. The van der Waals surface area contributed by atoms with Gasteiger partial charge in [-0.2, -0.15) is 0 Å². The average Bonchev–Trinajstić information content (AvgIpc) is 2.34. The first-order chi connectivity index (χ1) is 7.20. The molecule has 0 bridgehead atoms. The Morgan fingerprint density at radius 2 is 2.27 bits per heavy atom. The molecule has 0 N–H and O–H groups in total. The fourth-order valence-electron chi connectivity index (χ4n) is 1.49. The summed E-state index contributed by atoms with van der Waals surface area (Å²) in [6, 6.07) is 0. The van der Waals surface area contributed by atoms with Crippen LogP contribution < -0.4 is 0 Å². The van der Waals surface area contributed by atoms with Gasteiger partial charge in [0.2, 0.25) is 0 Å². The monoisotopic (exact) mass is 219 g/mol. The molecule has 1 aliphatic rings. The third-order valence-electron chi connectivity index (χ3n) is 2.59. The lowest BCUT2D eigenvalue weighted by molar-refractivity contribution is 0.579. The van der Waals surface area contributed by atoms with Crippen molar-refractivity contribution in [2.75, 3.05) is 0 Å². The lowest BCUT2D eigenvalue weighted by Crippen LogP contribution is -2.10. The molecule has 0 aromatic carbocycles. The average molecular weight is 219 g/mol. The van der Waals surface area contributed by atoms with Gasteiger partial charge in [0.25, 0.3) is 0 Å². The molecule has 1 nitrogen and oxygen atoms in total. The highest BCUT2D eigenvalue weighted by Crippen LogP contribution is 2.33. The molecule has 0 aliphatic carbocycles. The first kappa shape index (κ1) is 12.1. The van der Waals surface area contributed by atoms with E-state index in [0.717, 1.165) is 4.91 Å². The van der Waals surface area contributed by atoms with E-state index in [2.05, 4.69) is 42.7 Å². The SMILES string of the molecule is C=C=CC1=C(C=CC)C(C)C(C)C=NS1. The first-order valence-electron chi connectivity index (χ1n) is 5.14. The second kappa shape index (κ2) is 5.79. The van der Waals surface area contributed by atoms with Gasteiger partial charge in [0.1, 0.15) is 0 Å². The Balaban J connectivity index is 3.19. The molecule has 0 radical (unpaired) electrons. The number of allylic oxidation sites excluding steroid dienone is 4. The van der Waals surface area contributed by atoms with Crippen LogP contribution in [0.5, 0.6) is 0 Å². The fraction of sp³-hybridized carbons (Fsp3) is 0.385. The molecule has 0 spiro atoms. The van der Waals surface area contributed by atoms with Crippen molar-refractivity contribution in [2.45, 2.75) is 20.8 Å². The number of hydrogen-bond acceptors (Lipinski definition) is 2. The van der Waals surface area contributed by atoms with Gasteiger partial charge in [0.15, 0.2) is 0 Å². The van der Waals surface area contributed by atoms with Gasteiger partial charge in [-0.15, -0.1) is 5.73 Å². The molecule has 1 heterocycles. The van der Waals surface area contributed by atoms with Crippen molar-refractivity contribution < 1.29 is 0 Å². The van der Waals surface area contributed by atoms with Crippen LogP contribution in [-0.2, 0) is 0 Å². The quantitative estimate of drug-likeness (QED) is 0.501. The fourth-order valence-corrected chi connectivity index (χ4v) is 2.35. The second-order valence-electron chi connectivity index (χ2n) is 3.66. The van der Waals surface area contributed by atoms with Gasteiger partial charge in [-0.1, -0.05) is 32.6 Å². The second-order valence-corrected chi connectivity index (χ2v) is 4.49. The minimum absolute atomic E-state index is 0.472. The van der Waals surface area contributed by atoms with Gasteiger partial charge in [0.05, 0.1) is 0 Å². The summed E-state index contributed by atoms with van der Waals surface area (Å²) in [6.45, 7) is 10.1. The molecule has 15 heavy (non-hydrogen) atoms. The van der Waals surface area contributed by atoms with Crippen molar-refractivity contribution in [3.8, 4) is 0 Å². The lowest BCUT2D eigenvalue weighted by Gasteiger charge is -2.16. The van der Waals surface area contributed by atoms with E-state index in [1.54, 1.807) is 0 Å². The Morgan fingerprint density at radius 1 is 1.53 bits per heavy atom. The summed E-state index contributed by atoms with van der Waals surface area (Å²) in [5.41, 5.74) is 4.15. The summed E-state index contributed by atoms with van der Waals surface area (Å²) in [7, 11) is 0. The number of hydrogen-bond donors (Lipinski definition) is 0. The van der Waals surface area contributed by atoms with Crippen molar-refractivity contribution in [1.29, 1.82) is 0 Å². The van der Waals surface area contributed by atoms with E-state index in [0.29, 0.717) is 11.8 Å². The van der Waals surface area contributed by atoms with Crippen molar-refractivity contribution >= 4 is 18.2 Å². The van der Waals surface area contributed by atoms with Crippen molar-refractivity contribution in [3.63, 3.8) is 0 Å². The normalized spacial score (nSPS) is 26.6. The van der Waals surface area contributed by atoms with E-state index in [1.165, 1.54) is 17.5 Å². The Kier molecular flexibility index (Phi) is 4.67. The maximum absolute atomic E-state index is 4.34. The predicted molar refractivity (Wildman–Crippen MR) is 70.0 cm³/mol. The molecule has 1 aliphatic heterocycles. The molecular formula is C13H17NS. The lowest BCUT2D eigenvalue weighted by atomic mass is 9.88. The van der Waals surface area contributed by atoms with Gasteiger partial charge in [-0.05, 0) is 30.4 Å². The predicted octanol–water partition coefficient (Wildman–Crippen LogP) is 4.16. The molecule has 0 saturated carbocycles. The molecule has 0 saturated heterocycles. The van der Waals surface area contributed by atoms with Crippen LogP contribution in [-0.4, -0.2) is 6.21 Å². The summed E-state index contributed by atoms with van der Waals surface area (Å²) >= 11 is 1.50. The third-order valence-corrected chi connectivity index (χ3v) is 3.37. The third kappa shape index (κ3) is 2.98. The zero-order valence-corrected chi connectivity index (χ0v) is 10.3.